The summed E-state index contributed by atoms with van der Waals surface area (Å²) in [4.78, 5) is 6.76. The minimum atomic E-state index is -3.59. The van der Waals surface area contributed by atoms with Crippen LogP contribution in [0.15, 0.2) is 59.6 Å². The van der Waals surface area contributed by atoms with Crippen molar-refractivity contribution in [2.75, 3.05) is 31.1 Å². The first-order valence-electron chi connectivity index (χ1n) is 8.82. The molecule has 7 heteroatoms. The number of aromatic nitrogens is 1. The van der Waals surface area contributed by atoms with Crippen molar-refractivity contribution in [1.29, 1.82) is 0 Å². The molecule has 4 rings (SSSR count). The Morgan fingerprint density at radius 2 is 1.74 bits per heavy atom. The van der Waals surface area contributed by atoms with Gasteiger partial charge >= 0.3 is 0 Å². The average Bonchev–Trinajstić information content (AvgIpc) is 2.69. The van der Waals surface area contributed by atoms with E-state index in [-0.39, 0.29) is 4.90 Å². The minimum absolute atomic E-state index is 0.271. The maximum Gasteiger partial charge on any atom is 0.245 e. The Morgan fingerprint density at radius 1 is 1.00 bits per heavy atom. The number of pyridine rings is 1. The Labute approximate surface area is 164 Å². The van der Waals surface area contributed by atoms with Crippen LogP contribution in [0.3, 0.4) is 0 Å². The number of halogens is 1. The molecular weight excluding hydrogens is 382 g/mol. The van der Waals surface area contributed by atoms with Crippen LogP contribution in [-0.4, -0.2) is 43.9 Å². The fraction of sp³-hybridized carbons (Fsp3) is 0.250. The molecule has 0 spiro atoms. The number of fused-ring (bicyclic) bond motifs is 1. The summed E-state index contributed by atoms with van der Waals surface area (Å²) in [7, 11) is -3.59. The van der Waals surface area contributed by atoms with E-state index in [0.29, 0.717) is 36.7 Å². The van der Waals surface area contributed by atoms with Crippen LogP contribution in [-0.2, 0) is 10.0 Å². The smallest absolute Gasteiger partial charge is 0.245 e. The Bertz CT molecular complexity index is 1090. The molecule has 140 valence electrons. The maximum atomic E-state index is 13.2. The Morgan fingerprint density at radius 3 is 2.52 bits per heavy atom. The highest BCUT2D eigenvalue weighted by molar-refractivity contribution is 7.89. The van der Waals surface area contributed by atoms with Gasteiger partial charge in [-0.2, -0.15) is 4.31 Å². The molecule has 0 unspecified atom stereocenters. The lowest BCUT2D eigenvalue weighted by Crippen LogP contribution is -2.48. The van der Waals surface area contributed by atoms with E-state index in [4.69, 9.17) is 11.6 Å². The first kappa shape index (κ1) is 18.2. The van der Waals surface area contributed by atoms with Gasteiger partial charge in [-0.15, -0.1) is 0 Å². The predicted molar refractivity (Wildman–Crippen MR) is 109 cm³/mol. The molecule has 2 aromatic carbocycles. The van der Waals surface area contributed by atoms with Crippen molar-refractivity contribution in [2.45, 2.75) is 11.8 Å². The zero-order chi connectivity index (χ0) is 19.0. The van der Waals surface area contributed by atoms with Crippen LogP contribution in [0.5, 0.6) is 0 Å². The van der Waals surface area contributed by atoms with Crippen LogP contribution in [0.1, 0.15) is 5.56 Å². The minimum Gasteiger partial charge on any atom is -0.369 e. The van der Waals surface area contributed by atoms with Crippen molar-refractivity contribution in [1.82, 2.24) is 9.29 Å². The monoisotopic (exact) mass is 401 g/mol. The fourth-order valence-electron chi connectivity index (χ4n) is 3.52. The molecule has 1 aliphatic rings. The highest BCUT2D eigenvalue weighted by Crippen LogP contribution is 2.28. The van der Waals surface area contributed by atoms with Gasteiger partial charge in [0.1, 0.15) is 4.90 Å². The van der Waals surface area contributed by atoms with Gasteiger partial charge in [-0.05, 0) is 36.8 Å². The van der Waals surface area contributed by atoms with E-state index < -0.39 is 10.0 Å². The zero-order valence-corrected chi connectivity index (χ0v) is 16.5. The number of anilines is 1. The van der Waals surface area contributed by atoms with Gasteiger partial charge in [0.25, 0.3) is 0 Å². The number of nitrogens with zero attached hydrogens (tertiary/aromatic N) is 3. The zero-order valence-electron chi connectivity index (χ0n) is 15.0. The normalized spacial score (nSPS) is 16.0. The molecule has 0 amide bonds. The first-order valence-corrected chi connectivity index (χ1v) is 10.6. The second-order valence-corrected chi connectivity index (χ2v) is 9.00. The molecule has 5 nitrogen and oxygen atoms in total. The number of hydrogen-bond acceptors (Lipinski definition) is 4. The van der Waals surface area contributed by atoms with Gasteiger partial charge < -0.3 is 4.90 Å². The molecule has 1 saturated heterocycles. The van der Waals surface area contributed by atoms with E-state index in [1.54, 1.807) is 22.6 Å². The van der Waals surface area contributed by atoms with Crippen LogP contribution >= 0.6 is 11.6 Å². The molecule has 0 atom stereocenters. The lowest BCUT2D eigenvalue weighted by atomic mass is 10.1. The van der Waals surface area contributed by atoms with Crippen LogP contribution in [0.2, 0.25) is 5.02 Å². The number of hydrogen-bond donors (Lipinski definition) is 0. The average molecular weight is 402 g/mol. The standard InChI is InChI=1S/C20H20ClN3O2S/c1-15-7-8-17(21)14-18(15)23-10-12-24(13-11-23)27(25,26)19-6-2-4-16-5-3-9-22-20(16)19/h2-9,14H,10-13H2,1H3. The largest absolute Gasteiger partial charge is 0.369 e. The summed E-state index contributed by atoms with van der Waals surface area (Å²) in [5.41, 5.74) is 2.72. The summed E-state index contributed by atoms with van der Waals surface area (Å²) in [6.07, 6.45) is 1.63. The third-order valence-corrected chi connectivity index (χ3v) is 7.13. The molecule has 0 saturated carbocycles. The van der Waals surface area contributed by atoms with E-state index in [1.807, 2.05) is 43.3 Å². The maximum absolute atomic E-state index is 13.2. The van der Waals surface area contributed by atoms with Crippen molar-refractivity contribution in [2.24, 2.45) is 0 Å². The Hall–Kier alpha value is -2.15. The number of sulfonamides is 1. The number of para-hydroxylation sites is 1. The van der Waals surface area contributed by atoms with Gasteiger partial charge in [0, 0.05) is 48.5 Å². The summed E-state index contributed by atoms with van der Waals surface area (Å²) in [5, 5.41) is 1.51. The van der Waals surface area contributed by atoms with Crippen LogP contribution < -0.4 is 4.90 Å². The Balaban J connectivity index is 1.59. The molecule has 1 aromatic heterocycles. The van der Waals surface area contributed by atoms with Crippen LogP contribution in [0.25, 0.3) is 10.9 Å². The van der Waals surface area contributed by atoms with E-state index in [1.165, 1.54) is 0 Å². The van der Waals surface area contributed by atoms with Gasteiger partial charge in [0.05, 0.1) is 5.52 Å². The third-order valence-electron chi connectivity index (χ3n) is 4.96. The van der Waals surface area contributed by atoms with Gasteiger partial charge in [0.15, 0.2) is 0 Å². The SMILES string of the molecule is Cc1ccc(Cl)cc1N1CCN(S(=O)(=O)c2cccc3cccnc23)CC1. The molecule has 0 N–H and O–H groups in total. The third kappa shape index (κ3) is 3.40. The second-order valence-electron chi connectivity index (χ2n) is 6.65. The van der Waals surface area contributed by atoms with E-state index in [2.05, 4.69) is 9.88 Å². The summed E-state index contributed by atoms with van der Waals surface area (Å²) in [5.74, 6) is 0. The quantitative estimate of drug-likeness (QED) is 0.671. The number of aryl methyl sites for hydroxylation is 1. The highest BCUT2D eigenvalue weighted by atomic mass is 35.5. The van der Waals surface area contributed by atoms with Crippen LogP contribution in [0, 0.1) is 6.92 Å². The van der Waals surface area contributed by atoms with Crippen LogP contribution in [0.4, 0.5) is 5.69 Å². The summed E-state index contributed by atoms with van der Waals surface area (Å²) in [6, 6.07) is 14.8. The molecule has 0 bridgehead atoms. The van der Waals surface area contributed by atoms with Crippen molar-refractivity contribution >= 4 is 38.2 Å². The lowest BCUT2D eigenvalue weighted by Gasteiger charge is -2.36. The topological polar surface area (TPSA) is 53.5 Å². The van der Waals surface area contributed by atoms with Gasteiger partial charge in [-0.3, -0.25) is 4.98 Å². The van der Waals surface area contributed by atoms with E-state index in [9.17, 15) is 8.42 Å². The molecule has 0 aliphatic carbocycles. The van der Waals surface area contributed by atoms with Gasteiger partial charge in [-0.1, -0.05) is 35.9 Å². The molecule has 2 heterocycles. The summed E-state index contributed by atoms with van der Waals surface area (Å²) >= 11 is 6.13. The number of piperazine rings is 1. The lowest BCUT2D eigenvalue weighted by molar-refractivity contribution is 0.385. The number of benzene rings is 2. The van der Waals surface area contributed by atoms with Gasteiger partial charge in [0.2, 0.25) is 10.0 Å². The van der Waals surface area contributed by atoms with E-state index in [0.717, 1.165) is 16.6 Å². The first-order chi connectivity index (χ1) is 13.0. The van der Waals surface area contributed by atoms with Crippen molar-refractivity contribution in [3.05, 3.63) is 65.3 Å². The molecule has 1 aliphatic heterocycles. The summed E-state index contributed by atoms with van der Waals surface area (Å²) < 4.78 is 28.0. The predicted octanol–water partition coefficient (Wildman–Crippen LogP) is 3.71. The molecule has 1 fully saturated rings. The second kappa shape index (κ2) is 7.11. The van der Waals surface area contributed by atoms with Gasteiger partial charge in [-0.25, -0.2) is 8.42 Å². The Kier molecular flexibility index (Phi) is 4.80. The van der Waals surface area contributed by atoms with Crippen molar-refractivity contribution in [3.8, 4) is 0 Å². The highest BCUT2D eigenvalue weighted by Gasteiger charge is 2.30. The molecule has 3 aromatic rings. The number of rotatable bonds is 3. The molecule has 27 heavy (non-hydrogen) atoms. The molecule has 0 radical (unpaired) electrons. The van der Waals surface area contributed by atoms with Crippen molar-refractivity contribution in [3.63, 3.8) is 0 Å². The van der Waals surface area contributed by atoms with E-state index >= 15 is 0 Å². The molecular formula is C20H20ClN3O2S. The summed E-state index contributed by atoms with van der Waals surface area (Å²) in [6.45, 7) is 4.14. The van der Waals surface area contributed by atoms with Crippen molar-refractivity contribution < 1.29 is 8.42 Å². The fourth-order valence-corrected chi connectivity index (χ4v) is 5.27.